The van der Waals surface area contributed by atoms with Gasteiger partial charge < -0.3 is 10.6 Å². The molecule has 1 atom stereocenters. The number of hydrogen-bond acceptors (Lipinski definition) is 2. The second kappa shape index (κ2) is 5.71. The molecule has 106 valence electrons. The van der Waals surface area contributed by atoms with Crippen LogP contribution in [0.1, 0.15) is 5.56 Å². The third-order valence-corrected chi connectivity index (χ3v) is 3.34. The van der Waals surface area contributed by atoms with Gasteiger partial charge in [-0.25, -0.2) is 13.2 Å². The maximum absolute atomic E-state index is 13.9. The van der Waals surface area contributed by atoms with E-state index < -0.39 is 17.5 Å². The molecule has 20 heavy (non-hydrogen) atoms. The van der Waals surface area contributed by atoms with E-state index in [0.29, 0.717) is 11.0 Å². The average Bonchev–Trinajstić information content (AvgIpc) is 2.38. The molecule has 0 fully saturated rings. The number of hydrogen-bond donors (Lipinski definition) is 2. The highest BCUT2D eigenvalue weighted by molar-refractivity contribution is 7.28. The monoisotopic (exact) mass is 298 g/mol. The highest BCUT2D eigenvalue weighted by Crippen LogP contribution is 2.31. The van der Waals surface area contributed by atoms with E-state index >= 15 is 0 Å². The van der Waals surface area contributed by atoms with Gasteiger partial charge in [-0.2, -0.15) is 0 Å². The minimum Gasteiger partial charge on any atom is -0.386 e. The maximum Gasteiger partial charge on any atom is 0.184 e. The van der Waals surface area contributed by atoms with Gasteiger partial charge in [0.15, 0.2) is 11.6 Å². The zero-order valence-electron chi connectivity index (χ0n) is 11.0. The van der Waals surface area contributed by atoms with E-state index in [1.54, 1.807) is 20.0 Å². The highest BCUT2D eigenvalue weighted by atomic mass is 31.0. The third-order valence-electron chi connectivity index (χ3n) is 2.88. The van der Waals surface area contributed by atoms with Crippen molar-refractivity contribution in [1.82, 2.24) is 0 Å². The van der Waals surface area contributed by atoms with Crippen LogP contribution in [-0.2, 0) is 0 Å². The molecule has 0 amide bonds. The molecule has 0 bridgehead atoms. The van der Waals surface area contributed by atoms with E-state index in [9.17, 15) is 13.2 Å². The zero-order chi connectivity index (χ0) is 14.9. The molecule has 0 radical (unpaired) electrons. The number of halogens is 3. The first-order valence-electron chi connectivity index (χ1n) is 5.92. The molecule has 2 aromatic carbocycles. The van der Waals surface area contributed by atoms with Crippen molar-refractivity contribution in [1.29, 1.82) is 0 Å². The van der Waals surface area contributed by atoms with Crippen molar-refractivity contribution in [3.8, 4) is 0 Å². The molecular formula is C14H14F3N2P. The number of rotatable bonds is 3. The van der Waals surface area contributed by atoms with Crippen LogP contribution in [0.5, 0.6) is 0 Å². The lowest BCUT2D eigenvalue weighted by Gasteiger charge is -2.16. The standard InChI is InChI=1S/C14H14F3N2P/c1-7-3-4-10(8(15)5-7)19-14-12(17)9(16)6-11(20)13(14)18-2/h3-6,18-19H,20H2,1-2H3. The summed E-state index contributed by atoms with van der Waals surface area (Å²) in [4.78, 5) is 0. The Morgan fingerprint density at radius 1 is 1.00 bits per heavy atom. The number of anilines is 3. The summed E-state index contributed by atoms with van der Waals surface area (Å²) in [6.45, 7) is 1.75. The molecule has 0 saturated heterocycles. The molecule has 2 nitrogen and oxygen atoms in total. The molecule has 0 spiro atoms. The fourth-order valence-corrected chi connectivity index (χ4v) is 2.32. The summed E-state index contributed by atoms with van der Waals surface area (Å²) in [6.07, 6.45) is 0. The van der Waals surface area contributed by atoms with Crippen molar-refractivity contribution in [3.05, 3.63) is 47.3 Å². The SMILES string of the molecule is CNc1c(P)cc(F)c(F)c1Nc1ccc(C)cc1F. The van der Waals surface area contributed by atoms with Crippen LogP contribution in [0.25, 0.3) is 0 Å². The minimum atomic E-state index is -1.06. The van der Waals surface area contributed by atoms with E-state index in [-0.39, 0.29) is 11.4 Å². The van der Waals surface area contributed by atoms with Gasteiger partial charge in [-0.1, -0.05) is 6.07 Å². The Hall–Kier alpha value is -1.74. The number of nitrogens with one attached hydrogen (secondary N) is 2. The molecule has 2 N–H and O–H groups in total. The molecule has 2 aromatic rings. The molecule has 0 aromatic heterocycles. The molecule has 0 heterocycles. The Morgan fingerprint density at radius 2 is 1.70 bits per heavy atom. The van der Waals surface area contributed by atoms with Gasteiger partial charge in [-0.05, 0) is 36.0 Å². The summed E-state index contributed by atoms with van der Waals surface area (Å²) in [5.41, 5.74) is 1.06. The van der Waals surface area contributed by atoms with Gasteiger partial charge in [0.2, 0.25) is 0 Å². The molecular weight excluding hydrogens is 284 g/mol. The quantitative estimate of drug-likeness (QED) is 0.844. The predicted molar refractivity (Wildman–Crippen MR) is 79.7 cm³/mol. The Labute approximate surface area is 117 Å². The maximum atomic E-state index is 13.9. The average molecular weight is 298 g/mol. The normalized spacial score (nSPS) is 10.5. The van der Waals surface area contributed by atoms with E-state index in [4.69, 9.17) is 0 Å². The van der Waals surface area contributed by atoms with Crippen molar-refractivity contribution in [3.63, 3.8) is 0 Å². The fraction of sp³-hybridized carbons (Fsp3) is 0.143. The van der Waals surface area contributed by atoms with Gasteiger partial charge in [0.1, 0.15) is 11.5 Å². The van der Waals surface area contributed by atoms with Crippen molar-refractivity contribution in [2.75, 3.05) is 17.7 Å². The lowest BCUT2D eigenvalue weighted by atomic mass is 10.2. The van der Waals surface area contributed by atoms with Crippen molar-refractivity contribution in [2.45, 2.75) is 6.92 Å². The van der Waals surface area contributed by atoms with E-state index in [1.807, 2.05) is 0 Å². The van der Waals surface area contributed by atoms with Crippen LogP contribution < -0.4 is 15.9 Å². The zero-order valence-corrected chi connectivity index (χ0v) is 12.2. The molecule has 0 aliphatic carbocycles. The first kappa shape index (κ1) is 14.7. The van der Waals surface area contributed by atoms with E-state index in [1.165, 1.54) is 12.1 Å². The second-order valence-electron chi connectivity index (χ2n) is 4.37. The Balaban J connectivity index is 2.52. The van der Waals surface area contributed by atoms with Crippen LogP contribution in [0.3, 0.4) is 0 Å². The molecule has 6 heteroatoms. The van der Waals surface area contributed by atoms with Gasteiger partial charge in [-0.15, -0.1) is 9.24 Å². The summed E-state index contributed by atoms with van der Waals surface area (Å²) in [5.74, 6) is -2.58. The first-order chi connectivity index (χ1) is 9.43. The topological polar surface area (TPSA) is 24.1 Å². The number of benzene rings is 2. The van der Waals surface area contributed by atoms with Crippen LogP contribution >= 0.6 is 9.24 Å². The van der Waals surface area contributed by atoms with Crippen LogP contribution in [0.15, 0.2) is 24.3 Å². The van der Waals surface area contributed by atoms with Crippen molar-refractivity contribution >= 4 is 31.6 Å². The van der Waals surface area contributed by atoms with Gasteiger partial charge >= 0.3 is 0 Å². The fourth-order valence-electron chi connectivity index (χ4n) is 1.89. The van der Waals surface area contributed by atoms with Crippen LogP contribution in [0.4, 0.5) is 30.2 Å². The van der Waals surface area contributed by atoms with Gasteiger partial charge in [0, 0.05) is 7.05 Å². The molecule has 0 aliphatic rings. The molecule has 1 unspecified atom stereocenters. The predicted octanol–water partition coefficient (Wildman–Crippen LogP) is 3.70. The third kappa shape index (κ3) is 2.73. The van der Waals surface area contributed by atoms with E-state index in [0.717, 1.165) is 11.6 Å². The number of aryl methyl sites for hydroxylation is 1. The van der Waals surface area contributed by atoms with E-state index in [2.05, 4.69) is 19.9 Å². The summed E-state index contributed by atoms with van der Waals surface area (Å²) in [6, 6.07) is 5.54. The lowest BCUT2D eigenvalue weighted by molar-refractivity contribution is 0.513. The minimum absolute atomic E-state index is 0.0843. The summed E-state index contributed by atoms with van der Waals surface area (Å²) in [7, 11) is 3.89. The van der Waals surface area contributed by atoms with Gasteiger partial charge in [0.05, 0.1) is 11.4 Å². The Morgan fingerprint density at radius 3 is 2.30 bits per heavy atom. The van der Waals surface area contributed by atoms with Crippen molar-refractivity contribution in [2.24, 2.45) is 0 Å². The highest BCUT2D eigenvalue weighted by Gasteiger charge is 2.17. The van der Waals surface area contributed by atoms with Crippen LogP contribution in [0.2, 0.25) is 0 Å². The van der Waals surface area contributed by atoms with Gasteiger partial charge in [0.25, 0.3) is 0 Å². The molecule has 0 aliphatic heterocycles. The Kier molecular flexibility index (Phi) is 4.19. The summed E-state index contributed by atoms with van der Waals surface area (Å²) in [5, 5.41) is 5.82. The van der Waals surface area contributed by atoms with Crippen molar-refractivity contribution < 1.29 is 13.2 Å². The molecule has 2 rings (SSSR count). The first-order valence-corrected chi connectivity index (χ1v) is 6.50. The smallest absolute Gasteiger partial charge is 0.184 e. The summed E-state index contributed by atoms with van der Waals surface area (Å²) >= 11 is 0. The Bertz CT molecular complexity index is 659. The molecule has 0 saturated carbocycles. The lowest BCUT2D eigenvalue weighted by Crippen LogP contribution is -2.11. The van der Waals surface area contributed by atoms with Gasteiger partial charge in [-0.3, -0.25) is 0 Å². The largest absolute Gasteiger partial charge is 0.386 e. The second-order valence-corrected chi connectivity index (χ2v) is 4.99. The van der Waals surface area contributed by atoms with Crippen LogP contribution in [0, 0.1) is 24.4 Å². The summed E-state index contributed by atoms with van der Waals surface area (Å²) < 4.78 is 41.2. The van der Waals surface area contributed by atoms with Crippen LogP contribution in [-0.4, -0.2) is 7.05 Å².